The number of hydrogen-bond donors (Lipinski definition) is 2. The summed E-state index contributed by atoms with van der Waals surface area (Å²) in [5.74, 6) is 2.12. The Kier molecular flexibility index (Phi) is 7.52. The van der Waals surface area contributed by atoms with Gasteiger partial charge in [0.05, 0.1) is 13.1 Å². The van der Waals surface area contributed by atoms with E-state index in [0.29, 0.717) is 12.5 Å². The third-order valence-corrected chi connectivity index (χ3v) is 5.93. The zero-order valence-corrected chi connectivity index (χ0v) is 17.7. The molecule has 0 aliphatic carbocycles. The van der Waals surface area contributed by atoms with Gasteiger partial charge in [-0.05, 0) is 60.8 Å². The second-order valence-electron chi connectivity index (χ2n) is 8.75. The van der Waals surface area contributed by atoms with Gasteiger partial charge < -0.3 is 14.7 Å². The number of aliphatic hydroxyl groups is 1. The SMILES string of the molecule is Cc1ccc(C(C)C)c(OC[C@@H](O)C[NH+]2CCC(Cc3ccccc3)CC2)c1. The highest BCUT2D eigenvalue weighted by molar-refractivity contribution is 5.39. The summed E-state index contributed by atoms with van der Waals surface area (Å²) in [7, 11) is 0. The first-order valence-corrected chi connectivity index (χ1v) is 10.8. The van der Waals surface area contributed by atoms with E-state index >= 15 is 0 Å². The minimum absolute atomic E-state index is 0.375. The summed E-state index contributed by atoms with van der Waals surface area (Å²) in [5, 5.41) is 10.5. The van der Waals surface area contributed by atoms with Crippen molar-refractivity contribution in [1.82, 2.24) is 0 Å². The highest BCUT2D eigenvalue weighted by Crippen LogP contribution is 2.27. The highest BCUT2D eigenvalue weighted by atomic mass is 16.5. The van der Waals surface area contributed by atoms with Crippen LogP contribution in [0.25, 0.3) is 0 Å². The van der Waals surface area contributed by atoms with Crippen molar-refractivity contribution in [3.05, 3.63) is 65.2 Å². The maximum absolute atomic E-state index is 10.5. The molecule has 2 aromatic carbocycles. The normalized spacial score (nSPS) is 20.9. The molecule has 1 atom stereocenters. The maximum Gasteiger partial charge on any atom is 0.137 e. The van der Waals surface area contributed by atoms with E-state index in [1.54, 1.807) is 0 Å². The summed E-state index contributed by atoms with van der Waals surface area (Å²) < 4.78 is 6.02. The Morgan fingerprint density at radius 1 is 1.07 bits per heavy atom. The van der Waals surface area contributed by atoms with Gasteiger partial charge in [-0.1, -0.05) is 56.3 Å². The van der Waals surface area contributed by atoms with Crippen LogP contribution in [-0.4, -0.2) is 37.5 Å². The molecule has 1 aliphatic rings. The molecule has 152 valence electrons. The van der Waals surface area contributed by atoms with Crippen molar-refractivity contribution in [2.75, 3.05) is 26.2 Å². The van der Waals surface area contributed by atoms with Gasteiger partial charge in [0.25, 0.3) is 0 Å². The van der Waals surface area contributed by atoms with Gasteiger partial charge in [-0.3, -0.25) is 0 Å². The van der Waals surface area contributed by atoms with Gasteiger partial charge >= 0.3 is 0 Å². The monoisotopic (exact) mass is 382 g/mol. The molecule has 0 bridgehead atoms. The van der Waals surface area contributed by atoms with Crippen LogP contribution in [0.1, 0.15) is 49.3 Å². The number of aryl methyl sites for hydroxylation is 1. The molecule has 2 aromatic rings. The second-order valence-corrected chi connectivity index (χ2v) is 8.75. The van der Waals surface area contributed by atoms with E-state index in [2.05, 4.69) is 69.3 Å². The summed E-state index contributed by atoms with van der Waals surface area (Å²) in [4.78, 5) is 1.51. The molecule has 1 heterocycles. The number of piperidine rings is 1. The zero-order chi connectivity index (χ0) is 19.9. The van der Waals surface area contributed by atoms with Crippen LogP contribution in [-0.2, 0) is 6.42 Å². The standard InChI is InChI=1S/C25H35NO2/c1-19(2)24-10-9-20(3)15-25(24)28-18-23(27)17-26-13-11-22(12-14-26)16-21-7-5-4-6-8-21/h4-10,15,19,22-23,27H,11-14,16-18H2,1-3H3/p+1/t23-/m0/s1. The van der Waals surface area contributed by atoms with Crippen molar-refractivity contribution in [2.45, 2.75) is 52.1 Å². The third kappa shape index (κ3) is 6.08. The topological polar surface area (TPSA) is 33.9 Å². The van der Waals surface area contributed by atoms with E-state index in [1.165, 1.54) is 40.9 Å². The van der Waals surface area contributed by atoms with Crippen molar-refractivity contribution in [1.29, 1.82) is 0 Å². The predicted octanol–water partition coefficient (Wildman–Crippen LogP) is 3.40. The lowest BCUT2D eigenvalue weighted by atomic mass is 9.90. The molecular weight excluding hydrogens is 346 g/mol. The largest absolute Gasteiger partial charge is 0.490 e. The van der Waals surface area contributed by atoms with Gasteiger partial charge in [0.15, 0.2) is 0 Å². The van der Waals surface area contributed by atoms with E-state index in [4.69, 9.17) is 4.74 Å². The van der Waals surface area contributed by atoms with Crippen molar-refractivity contribution >= 4 is 0 Å². The van der Waals surface area contributed by atoms with Crippen LogP contribution in [0, 0.1) is 12.8 Å². The lowest BCUT2D eigenvalue weighted by Gasteiger charge is -2.30. The molecule has 1 saturated heterocycles. The average molecular weight is 383 g/mol. The molecular formula is C25H36NO2+. The van der Waals surface area contributed by atoms with Crippen LogP contribution in [0.15, 0.2) is 48.5 Å². The van der Waals surface area contributed by atoms with Crippen LogP contribution in [0.2, 0.25) is 0 Å². The number of rotatable bonds is 8. The predicted molar refractivity (Wildman–Crippen MR) is 115 cm³/mol. The third-order valence-electron chi connectivity index (χ3n) is 5.93. The maximum atomic E-state index is 10.5. The molecule has 0 saturated carbocycles. The van der Waals surface area contributed by atoms with Gasteiger partial charge in [0.1, 0.15) is 25.0 Å². The quantitative estimate of drug-likeness (QED) is 0.734. The first-order valence-electron chi connectivity index (χ1n) is 10.8. The first-order chi connectivity index (χ1) is 13.5. The summed E-state index contributed by atoms with van der Waals surface area (Å²) >= 11 is 0. The Morgan fingerprint density at radius 2 is 1.79 bits per heavy atom. The molecule has 0 spiro atoms. The number of benzene rings is 2. The minimum Gasteiger partial charge on any atom is -0.490 e. The lowest BCUT2D eigenvalue weighted by Crippen LogP contribution is -3.14. The van der Waals surface area contributed by atoms with E-state index in [1.807, 2.05) is 0 Å². The molecule has 3 rings (SSSR count). The molecule has 1 aliphatic heterocycles. The number of nitrogens with one attached hydrogen (secondary N) is 1. The number of likely N-dealkylation sites (tertiary alicyclic amines) is 1. The summed E-state index contributed by atoms with van der Waals surface area (Å²) in [6.45, 7) is 9.89. The number of hydrogen-bond acceptors (Lipinski definition) is 2. The van der Waals surface area contributed by atoms with Crippen LogP contribution < -0.4 is 9.64 Å². The molecule has 2 N–H and O–H groups in total. The molecule has 0 amide bonds. The van der Waals surface area contributed by atoms with E-state index in [9.17, 15) is 5.11 Å². The van der Waals surface area contributed by atoms with Gasteiger partial charge in [-0.25, -0.2) is 0 Å². The molecule has 0 aromatic heterocycles. The smallest absolute Gasteiger partial charge is 0.137 e. The van der Waals surface area contributed by atoms with Crippen LogP contribution in [0.3, 0.4) is 0 Å². The summed E-state index contributed by atoms with van der Waals surface area (Å²) in [5.41, 5.74) is 3.86. The van der Waals surface area contributed by atoms with Crippen molar-refractivity contribution in [2.24, 2.45) is 5.92 Å². The fourth-order valence-electron chi connectivity index (χ4n) is 4.26. The zero-order valence-electron chi connectivity index (χ0n) is 17.7. The minimum atomic E-state index is -0.416. The fourth-order valence-corrected chi connectivity index (χ4v) is 4.26. The average Bonchev–Trinajstić information content (AvgIpc) is 2.68. The van der Waals surface area contributed by atoms with Gasteiger partial charge in [-0.15, -0.1) is 0 Å². The molecule has 0 unspecified atom stereocenters. The Morgan fingerprint density at radius 3 is 2.46 bits per heavy atom. The Bertz CT molecular complexity index is 721. The fraction of sp³-hybridized carbons (Fsp3) is 0.520. The van der Waals surface area contributed by atoms with E-state index in [0.717, 1.165) is 31.3 Å². The first kappa shape index (κ1) is 20.9. The van der Waals surface area contributed by atoms with Crippen molar-refractivity contribution in [3.63, 3.8) is 0 Å². The van der Waals surface area contributed by atoms with Crippen molar-refractivity contribution < 1.29 is 14.7 Å². The molecule has 3 nitrogen and oxygen atoms in total. The lowest BCUT2D eigenvalue weighted by molar-refractivity contribution is -0.909. The molecule has 1 fully saturated rings. The van der Waals surface area contributed by atoms with E-state index in [-0.39, 0.29) is 0 Å². The second kappa shape index (κ2) is 10.1. The Hall–Kier alpha value is -1.84. The van der Waals surface area contributed by atoms with Gasteiger partial charge in [0, 0.05) is 0 Å². The van der Waals surface area contributed by atoms with Gasteiger partial charge in [-0.2, -0.15) is 0 Å². The Balaban J connectivity index is 1.43. The summed E-state index contributed by atoms with van der Waals surface area (Å²) in [6.07, 6.45) is 3.26. The molecule has 28 heavy (non-hydrogen) atoms. The molecule has 0 radical (unpaired) electrons. The van der Waals surface area contributed by atoms with Crippen molar-refractivity contribution in [3.8, 4) is 5.75 Å². The number of ether oxygens (including phenoxy) is 1. The van der Waals surface area contributed by atoms with Gasteiger partial charge in [0.2, 0.25) is 0 Å². The number of aliphatic hydroxyl groups excluding tert-OH is 1. The highest BCUT2D eigenvalue weighted by Gasteiger charge is 2.24. The van der Waals surface area contributed by atoms with Crippen LogP contribution >= 0.6 is 0 Å². The number of quaternary nitrogens is 1. The molecule has 3 heteroatoms. The van der Waals surface area contributed by atoms with E-state index < -0.39 is 6.10 Å². The van der Waals surface area contributed by atoms with Crippen LogP contribution in [0.5, 0.6) is 5.75 Å². The summed E-state index contributed by atoms with van der Waals surface area (Å²) in [6, 6.07) is 17.2. The Labute approximate surface area is 170 Å². The van der Waals surface area contributed by atoms with Crippen LogP contribution in [0.4, 0.5) is 0 Å².